The summed E-state index contributed by atoms with van der Waals surface area (Å²) in [6, 6.07) is 10.6. The van der Waals surface area contributed by atoms with E-state index in [-0.39, 0.29) is 5.91 Å². The van der Waals surface area contributed by atoms with E-state index in [1.807, 2.05) is 18.2 Å². The van der Waals surface area contributed by atoms with Gasteiger partial charge in [0.1, 0.15) is 0 Å². The molecule has 2 rings (SSSR count). The first-order valence-corrected chi connectivity index (χ1v) is 8.45. The Bertz CT molecular complexity index is 385. The second-order valence-electron chi connectivity index (χ2n) is 4.46. The lowest BCUT2D eigenvalue weighted by Gasteiger charge is -2.24. The van der Waals surface area contributed by atoms with Crippen LogP contribution in [0.5, 0.6) is 0 Å². The van der Waals surface area contributed by atoms with Crippen LogP contribution in [0.15, 0.2) is 35.2 Å². The van der Waals surface area contributed by atoms with Gasteiger partial charge in [0.25, 0.3) is 0 Å². The molecule has 1 amide bonds. The maximum atomic E-state index is 12.2. The third-order valence-corrected chi connectivity index (χ3v) is 4.70. The average Bonchev–Trinajstić information content (AvgIpc) is 2.86. The van der Waals surface area contributed by atoms with Gasteiger partial charge >= 0.3 is 0 Å². The van der Waals surface area contributed by atoms with E-state index in [0.29, 0.717) is 11.8 Å². The number of benzene rings is 1. The number of hydrogen-bond donors (Lipinski definition) is 0. The molecule has 98 valence electrons. The van der Waals surface area contributed by atoms with Gasteiger partial charge in [0, 0.05) is 22.8 Å². The smallest absolute Gasteiger partial charge is 0.233 e. The predicted octanol–water partition coefficient (Wildman–Crippen LogP) is 3.55. The normalized spacial score (nSPS) is 19.2. The molecule has 1 saturated heterocycles. The van der Waals surface area contributed by atoms with Crippen LogP contribution in [0.2, 0.25) is 0 Å². The van der Waals surface area contributed by atoms with Gasteiger partial charge in [-0.05, 0) is 31.4 Å². The number of alkyl halides is 1. The summed E-state index contributed by atoms with van der Waals surface area (Å²) in [5, 5.41) is 0.979. The molecule has 1 heterocycles. The largest absolute Gasteiger partial charge is 0.339 e. The molecule has 1 aliphatic heterocycles. The standard InChI is InChI=1S/C14H18BrNOS/c15-9-8-12-5-4-10-16(12)14(17)11-18-13-6-2-1-3-7-13/h1-3,6-7,12H,4-5,8-11H2. The Morgan fingerprint density at radius 3 is 2.89 bits per heavy atom. The third-order valence-electron chi connectivity index (χ3n) is 3.25. The molecule has 2 nitrogen and oxygen atoms in total. The van der Waals surface area contributed by atoms with E-state index in [9.17, 15) is 4.79 Å². The second kappa shape index (κ2) is 7.19. The number of halogens is 1. The molecule has 0 bridgehead atoms. The fourth-order valence-electron chi connectivity index (χ4n) is 2.33. The molecule has 1 atom stereocenters. The predicted molar refractivity (Wildman–Crippen MR) is 80.3 cm³/mol. The number of amides is 1. The minimum absolute atomic E-state index is 0.285. The van der Waals surface area contributed by atoms with Crippen molar-refractivity contribution in [3.63, 3.8) is 0 Å². The lowest BCUT2D eigenvalue weighted by molar-refractivity contribution is -0.129. The number of rotatable bonds is 5. The molecular weight excluding hydrogens is 310 g/mol. The van der Waals surface area contributed by atoms with Gasteiger partial charge in [-0.15, -0.1) is 11.8 Å². The van der Waals surface area contributed by atoms with Crippen LogP contribution in [0.25, 0.3) is 0 Å². The molecule has 1 aliphatic rings. The molecule has 0 radical (unpaired) electrons. The maximum absolute atomic E-state index is 12.2. The van der Waals surface area contributed by atoms with Gasteiger partial charge < -0.3 is 4.90 Å². The van der Waals surface area contributed by atoms with Crippen molar-refractivity contribution in [2.24, 2.45) is 0 Å². The molecule has 1 aromatic rings. The zero-order chi connectivity index (χ0) is 12.8. The van der Waals surface area contributed by atoms with Crippen molar-refractivity contribution >= 4 is 33.6 Å². The van der Waals surface area contributed by atoms with E-state index < -0.39 is 0 Å². The summed E-state index contributed by atoms with van der Waals surface area (Å²) >= 11 is 5.10. The highest BCUT2D eigenvalue weighted by molar-refractivity contribution is 9.09. The Morgan fingerprint density at radius 2 is 2.17 bits per heavy atom. The first-order valence-electron chi connectivity index (χ1n) is 6.34. The number of hydrogen-bond acceptors (Lipinski definition) is 2. The molecule has 1 aromatic carbocycles. The number of likely N-dealkylation sites (tertiary alicyclic amines) is 1. The van der Waals surface area contributed by atoms with Crippen LogP contribution in [0.3, 0.4) is 0 Å². The van der Waals surface area contributed by atoms with E-state index in [4.69, 9.17) is 0 Å². The highest BCUT2D eigenvalue weighted by Crippen LogP contribution is 2.24. The number of thioether (sulfide) groups is 1. The summed E-state index contributed by atoms with van der Waals surface area (Å²) in [6.45, 7) is 0.936. The van der Waals surface area contributed by atoms with Crippen molar-refractivity contribution in [1.82, 2.24) is 4.90 Å². The Labute approximate surface area is 121 Å². The van der Waals surface area contributed by atoms with E-state index in [0.717, 1.165) is 31.1 Å². The zero-order valence-electron chi connectivity index (χ0n) is 10.3. The third kappa shape index (κ3) is 3.75. The van der Waals surface area contributed by atoms with Crippen molar-refractivity contribution in [2.45, 2.75) is 30.2 Å². The first kappa shape index (κ1) is 13.9. The van der Waals surface area contributed by atoms with Gasteiger partial charge in [-0.1, -0.05) is 34.1 Å². The molecule has 1 fully saturated rings. The second-order valence-corrected chi connectivity index (χ2v) is 6.30. The van der Waals surface area contributed by atoms with Gasteiger partial charge in [0.05, 0.1) is 5.75 Å². The molecule has 0 aromatic heterocycles. The summed E-state index contributed by atoms with van der Waals surface area (Å²) in [5.41, 5.74) is 0. The first-order chi connectivity index (χ1) is 8.81. The highest BCUT2D eigenvalue weighted by Gasteiger charge is 2.27. The highest BCUT2D eigenvalue weighted by atomic mass is 79.9. The Balaban J connectivity index is 1.84. The van der Waals surface area contributed by atoms with E-state index in [1.54, 1.807) is 11.8 Å². The lowest BCUT2D eigenvalue weighted by atomic mass is 10.2. The van der Waals surface area contributed by atoms with Crippen LogP contribution in [0.1, 0.15) is 19.3 Å². The Hall–Kier alpha value is -0.480. The molecule has 0 spiro atoms. The molecule has 0 aliphatic carbocycles. The monoisotopic (exact) mass is 327 g/mol. The molecule has 0 saturated carbocycles. The van der Waals surface area contributed by atoms with Crippen molar-refractivity contribution in [1.29, 1.82) is 0 Å². The van der Waals surface area contributed by atoms with Gasteiger partial charge in [0.15, 0.2) is 0 Å². The fourth-order valence-corrected chi connectivity index (χ4v) is 3.67. The van der Waals surface area contributed by atoms with E-state index in [2.05, 4.69) is 33.0 Å². The van der Waals surface area contributed by atoms with Crippen molar-refractivity contribution < 1.29 is 4.79 Å². The van der Waals surface area contributed by atoms with Crippen LogP contribution in [0, 0.1) is 0 Å². The fraction of sp³-hybridized carbons (Fsp3) is 0.500. The van der Waals surface area contributed by atoms with Gasteiger partial charge in [0.2, 0.25) is 5.91 Å². The Kier molecular flexibility index (Phi) is 5.57. The van der Waals surface area contributed by atoms with Crippen LogP contribution >= 0.6 is 27.7 Å². The van der Waals surface area contributed by atoms with Gasteiger partial charge in [-0.2, -0.15) is 0 Å². The van der Waals surface area contributed by atoms with Crippen LogP contribution in [0.4, 0.5) is 0 Å². The van der Waals surface area contributed by atoms with Crippen molar-refractivity contribution in [3.05, 3.63) is 30.3 Å². The molecule has 4 heteroatoms. The van der Waals surface area contributed by atoms with Crippen LogP contribution in [-0.2, 0) is 4.79 Å². The van der Waals surface area contributed by atoms with Crippen molar-refractivity contribution in [2.75, 3.05) is 17.6 Å². The Morgan fingerprint density at radius 1 is 1.39 bits per heavy atom. The van der Waals surface area contributed by atoms with Gasteiger partial charge in [-0.3, -0.25) is 4.79 Å². The minimum atomic E-state index is 0.285. The summed E-state index contributed by atoms with van der Waals surface area (Å²) in [7, 11) is 0. The lowest BCUT2D eigenvalue weighted by Crippen LogP contribution is -2.36. The molecule has 18 heavy (non-hydrogen) atoms. The van der Waals surface area contributed by atoms with E-state index >= 15 is 0 Å². The SMILES string of the molecule is O=C(CSc1ccccc1)N1CCCC1CCBr. The summed E-state index contributed by atoms with van der Waals surface area (Å²) in [6.07, 6.45) is 3.38. The molecule has 0 N–H and O–H groups in total. The summed E-state index contributed by atoms with van der Waals surface area (Å²) in [4.78, 5) is 15.4. The van der Waals surface area contributed by atoms with Crippen molar-refractivity contribution in [3.8, 4) is 0 Å². The van der Waals surface area contributed by atoms with Gasteiger partial charge in [-0.25, -0.2) is 0 Å². The topological polar surface area (TPSA) is 20.3 Å². The molecular formula is C14H18BrNOS. The van der Waals surface area contributed by atoms with E-state index in [1.165, 1.54) is 4.90 Å². The molecule has 1 unspecified atom stereocenters. The number of carbonyl (C=O) groups excluding carboxylic acids is 1. The van der Waals surface area contributed by atoms with Crippen LogP contribution in [-0.4, -0.2) is 34.5 Å². The quantitative estimate of drug-likeness (QED) is 0.608. The minimum Gasteiger partial charge on any atom is -0.339 e. The zero-order valence-corrected chi connectivity index (χ0v) is 12.8. The summed E-state index contributed by atoms with van der Waals surface area (Å²) < 4.78 is 0. The average molecular weight is 328 g/mol. The van der Waals surface area contributed by atoms with Crippen LogP contribution < -0.4 is 0 Å². The summed E-state index contributed by atoms with van der Waals surface area (Å²) in [5.74, 6) is 0.843. The number of carbonyl (C=O) groups is 1. The maximum Gasteiger partial charge on any atom is 0.233 e. The number of nitrogens with zero attached hydrogens (tertiary/aromatic N) is 1.